The highest BCUT2D eigenvalue weighted by Gasteiger charge is 2.26. The summed E-state index contributed by atoms with van der Waals surface area (Å²) in [4.78, 5) is 17.8. The van der Waals surface area contributed by atoms with Crippen molar-refractivity contribution in [3.05, 3.63) is 78.4 Å². The third-order valence-corrected chi connectivity index (χ3v) is 8.92. The fraction of sp³-hybridized carbons (Fsp3) is 0.231. The van der Waals surface area contributed by atoms with Crippen molar-refractivity contribution in [2.75, 3.05) is 25.5 Å². The molecule has 1 aromatic heterocycles. The topological polar surface area (TPSA) is 88.6 Å². The predicted molar refractivity (Wildman–Crippen MR) is 138 cm³/mol. The Kier molecular flexibility index (Phi) is 6.66. The number of hydrogen-bond donors (Lipinski definition) is 1. The van der Waals surface area contributed by atoms with Gasteiger partial charge in [-0.25, -0.2) is 13.4 Å². The highest BCUT2D eigenvalue weighted by Crippen LogP contribution is 2.34. The largest absolute Gasteiger partial charge is 0.377 e. The van der Waals surface area contributed by atoms with Crippen molar-refractivity contribution in [3.8, 4) is 10.6 Å². The molecule has 5 rings (SSSR count). The summed E-state index contributed by atoms with van der Waals surface area (Å²) in [5, 5.41) is 3.77. The number of thiazole rings is 1. The zero-order valence-corrected chi connectivity index (χ0v) is 20.8. The number of sulfonamides is 1. The van der Waals surface area contributed by atoms with Crippen LogP contribution in [-0.4, -0.2) is 49.9 Å². The van der Waals surface area contributed by atoms with E-state index in [1.54, 1.807) is 18.4 Å². The quantitative estimate of drug-likeness (QED) is 0.380. The van der Waals surface area contributed by atoms with E-state index in [1.165, 1.54) is 28.6 Å². The van der Waals surface area contributed by atoms with E-state index in [-0.39, 0.29) is 16.9 Å². The maximum absolute atomic E-state index is 13.0. The Labute approximate surface area is 208 Å². The molecule has 0 spiro atoms. The second kappa shape index (κ2) is 9.87. The van der Waals surface area contributed by atoms with Crippen LogP contribution in [-0.2, 0) is 14.8 Å². The SMILES string of the molecule is CN(CC1CCCO1)S(=O)(=O)c1ccc(C(=O)Nc2ccccc2-c2nc3ccccc3s2)cc1. The number of likely N-dealkylation sites (N-methyl/N-ethyl adjacent to an activating group) is 1. The molecule has 1 aliphatic heterocycles. The van der Waals surface area contributed by atoms with Crippen molar-refractivity contribution >= 4 is 43.2 Å². The number of carbonyl (C=O) groups excluding carboxylic acids is 1. The zero-order valence-electron chi connectivity index (χ0n) is 19.2. The van der Waals surface area contributed by atoms with Gasteiger partial charge in [0.15, 0.2) is 0 Å². The maximum atomic E-state index is 13.0. The average Bonchev–Trinajstić information content (AvgIpc) is 3.54. The highest BCUT2D eigenvalue weighted by atomic mass is 32.2. The summed E-state index contributed by atoms with van der Waals surface area (Å²) in [5.74, 6) is -0.324. The number of para-hydroxylation sites is 2. The van der Waals surface area contributed by atoms with Crippen molar-refractivity contribution in [3.63, 3.8) is 0 Å². The molecule has 0 saturated carbocycles. The van der Waals surface area contributed by atoms with E-state index in [0.717, 1.165) is 33.6 Å². The number of hydrogen-bond acceptors (Lipinski definition) is 6. The van der Waals surface area contributed by atoms with Gasteiger partial charge in [0.1, 0.15) is 5.01 Å². The highest BCUT2D eigenvalue weighted by molar-refractivity contribution is 7.89. The molecule has 3 aromatic carbocycles. The van der Waals surface area contributed by atoms with Gasteiger partial charge in [0.2, 0.25) is 10.0 Å². The summed E-state index contributed by atoms with van der Waals surface area (Å²) in [6.45, 7) is 0.984. The van der Waals surface area contributed by atoms with Crippen LogP contribution in [0, 0.1) is 0 Å². The van der Waals surface area contributed by atoms with Crippen LogP contribution in [0.1, 0.15) is 23.2 Å². The number of nitrogens with one attached hydrogen (secondary N) is 1. The van der Waals surface area contributed by atoms with Crippen molar-refractivity contribution in [1.82, 2.24) is 9.29 Å². The second-order valence-corrected chi connectivity index (χ2v) is 11.5. The first kappa shape index (κ1) is 23.6. The van der Waals surface area contributed by atoms with Crippen LogP contribution < -0.4 is 5.32 Å². The van der Waals surface area contributed by atoms with Crippen LogP contribution in [0.2, 0.25) is 0 Å². The number of amides is 1. The van der Waals surface area contributed by atoms with Gasteiger partial charge >= 0.3 is 0 Å². The number of aromatic nitrogens is 1. The number of nitrogens with zero attached hydrogens (tertiary/aromatic N) is 2. The fourth-order valence-electron chi connectivity index (χ4n) is 4.09. The van der Waals surface area contributed by atoms with Crippen molar-refractivity contribution < 1.29 is 17.9 Å². The molecule has 35 heavy (non-hydrogen) atoms. The molecule has 4 aromatic rings. The molecular formula is C26H25N3O4S2. The molecular weight excluding hydrogens is 482 g/mol. The molecule has 1 amide bonds. The molecule has 1 aliphatic rings. The summed E-state index contributed by atoms with van der Waals surface area (Å²) < 4.78 is 33.8. The number of benzene rings is 3. The monoisotopic (exact) mass is 507 g/mol. The third-order valence-electron chi connectivity index (χ3n) is 6.01. The molecule has 1 unspecified atom stereocenters. The molecule has 9 heteroatoms. The lowest BCUT2D eigenvalue weighted by Gasteiger charge is -2.20. The maximum Gasteiger partial charge on any atom is 0.255 e. The van der Waals surface area contributed by atoms with Crippen LogP contribution in [0.4, 0.5) is 5.69 Å². The Morgan fingerprint density at radius 1 is 1.09 bits per heavy atom. The van der Waals surface area contributed by atoms with Crippen LogP contribution in [0.25, 0.3) is 20.8 Å². The molecule has 1 N–H and O–H groups in total. The van der Waals surface area contributed by atoms with Gasteiger partial charge in [-0.1, -0.05) is 24.3 Å². The summed E-state index contributed by atoms with van der Waals surface area (Å²) in [5.41, 5.74) is 2.75. The number of rotatable bonds is 7. The molecule has 180 valence electrons. The standard InChI is InChI=1S/C26H25N3O4S2/c1-29(17-19-7-6-16-33-19)35(31,32)20-14-12-18(13-15-20)25(30)27-22-9-3-2-8-21(22)26-28-23-10-4-5-11-24(23)34-26/h2-5,8-15,19H,6-7,16-17H2,1H3,(H,27,30). The third kappa shape index (κ3) is 4.99. The van der Waals surface area contributed by atoms with Crippen molar-refractivity contribution in [1.29, 1.82) is 0 Å². The van der Waals surface area contributed by atoms with Crippen molar-refractivity contribution in [2.24, 2.45) is 0 Å². The predicted octanol–water partition coefficient (Wildman–Crippen LogP) is 5.02. The van der Waals surface area contributed by atoms with Crippen LogP contribution >= 0.6 is 11.3 Å². The number of carbonyl (C=O) groups is 1. The minimum Gasteiger partial charge on any atom is -0.377 e. The second-order valence-electron chi connectivity index (χ2n) is 8.43. The van der Waals surface area contributed by atoms with Gasteiger partial charge in [-0.3, -0.25) is 4.79 Å². The molecule has 0 bridgehead atoms. The fourth-order valence-corrected chi connectivity index (χ4v) is 6.30. The van der Waals surface area contributed by atoms with Gasteiger partial charge < -0.3 is 10.1 Å². The summed E-state index contributed by atoms with van der Waals surface area (Å²) in [7, 11) is -2.12. The van der Waals surface area contributed by atoms with Gasteiger partial charge in [0, 0.05) is 31.3 Å². The smallest absolute Gasteiger partial charge is 0.255 e. The van der Waals surface area contributed by atoms with E-state index >= 15 is 0 Å². The van der Waals surface area contributed by atoms with E-state index in [4.69, 9.17) is 9.72 Å². The number of ether oxygens (including phenoxy) is 1. The summed E-state index contributed by atoms with van der Waals surface area (Å²) in [6.07, 6.45) is 1.73. The van der Waals surface area contributed by atoms with E-state index in [0.29, 0.717) is 24.4 Å². The molecule has 1 fully saturated rings. The molecule has 1 atom stereocenters. The van der Waals surface area contributed by atoms with E-state index < -0.39 is 10.0 Å². The minimum absolute atomic E-state index is 0.0738. The molecule has 2 heterocycles. The Balaban J connectivity index is 1.33. The summed E-state index contributed by atoms with van der Waals surface area (Å²) in [6, 6.07) is 21.4. The normalized spacial score (nSPS) is 16.1. The van der Waals surface area contributed by atoms with E-state index in [9.17, 15) is 13.2 Å². The number of anilines is 1. The Morgan fingerprint density at radius 2 is 1.83 bits per heavy atom. The Hall–Kier alpha value is -3.11. The van der Waals surface area contributed by atoms with Gasteiger partial charge in [-0.2, -0.15) is 4.31 Å². The van der Waals surface area contributed by atoms with E-state index in [2.05, 4.69) is 5.32 Å². The lowest BCUT2D eigenvalue weighted by Crippen LogP contribution is -2.34. The average molecular weight is 508 g/mol. The first-order valence-electron chi connectivity index (χ1n) is 11.4. The first-order chi connectivity index (χ1) is 16.9. The van der Waals surface area contributed by atoms with Crippen molar-refractivity contribution in [2.45, 2.75) is 23.8 Å². The van der Waals surface area contributed by atoms with E-state index in [1.807, 2.05) is 48.5 Å². The molecule has 0 radical (unpaired) electrons. The van der Waals surface area contributed by atoms with Gasteiger partial charge in [0.05, 0.1) is 26.9 Å². The molecule has 7 nitrogen and oxygen atoms in total. The lowest BCUT2D eigenvalue weighted by molar-refractivity contribution is 0.0979. The Morgan fingerprint density at radius 3 is 2.57 bits per heavy atom. The lowest BCUT2D eigenvalue weighted by atomic mass is 10.1. The summed E-state index contributed by atoms with van der Waals surface area (Å²) >= 11 is 1.56. The molecule has 1 saturated heterocycles. The van der Waals surface area contributed by atoms with Gasteiger partial charge in [-0.05, 0) is 61.4 Å². The minimum atomic E-state index is -3.67. The van der Waals surface area contributed by atoms with Crippen LogP contribution in [0.3, 0.4) is 0 Å². The zero-order chi connectivity index (χ0) is 24.4. The van der Waals surface area contributed by atoms with Gasteiger partial charge in [-0.15, -0.1) is 11.3 Å². The Bertz CT molecular complexity index is 1430. The van der Waals surface area contributed by atoms with Gasteiger partial charge in [0.25, 0.3) is 5.91 Å². The molecule has 0 aliphatic carbocycles. The first-order valence-corrected chi connectivity index (χ1v) is 13.6. The van der Waals surface area contributed by atoms with Crippen LogP contribution in [0.5, 0.6) is 0 Å². The van der Waals surface area contributed by atoms with Crippen LogP contribution in [0.15, 0.2) is 77.7 Å². The number of fused-ring (bicyclic) bond motifs is 1.